The van der Waals surface area contributed by atoms with Crippen molar-refractivity contribution in [1.82, 2.24) is 10.6 Å². The standard InChI is InChI=1S/C11H20N2OS/c1-10-3-8-15-11(10)9-13-5-4-12-6-7-14-2/h3,8,12-13H,4-7,9H2,1-2H3. The lowest BCUT2D eigenvalue weighted by Crippen LogP contribution is -2.29. The van der Waals surface area contributed by atoms with Crippen LogP contribution in [-0.2, 0) is 11.3 Å². The van der Waals surface area contributed by atoms with Gasteiger partial charge in [0.25, 0.3) is 0 Å². The number of hydrogen-bond acceptors (Lipinski definition) is 4. The summed E-state index contributed by atoms with van der Waals surface area (Å²) in [6.45, 7) is 6.84. The minimum Gasteiger partial charge on any atom is -0.383 e. The predicted octanol–water partition coefficient (Wildman–Crippen LogP) is 1.38. The lowest BCUT2D eigenvalue weighted by atomic mass is 10.3. The average Bonchev–Trinajstić information content (AvgIpc) is 2.63. The maximum absolute atomic E-state index is 4.94. The first-order valence-corrected chi connectivity index (χ1v) is 6.16. The molecule has 0 bridgehead atoms. The molecule has 0 fully saturated rings. The quantitative estimate of drug-likeness (QED) is 0.660. The highest BCUT2D eigenvalue weighted by Gasteiger charge is 1.97. The monoisotopic (exact) mass is 228 g/mol. The number of methoxy groups -OCH3 is 1. The Morgan fingerprint density at radius 3 is 2.73 bits per heavy atom. The van der Waals surface area contributed by atoms with Crippen LogP contribution in [0.3, 0.4) is 0 Å². The Bertz CT molecular complexity index is 263. The van der Waals surface area contributed by atoms with Crippen molar-refractivity contribution in [2.45, 2.75) is 13.5 Å². The third-order valence-corrected chi connectivity index (χ3v) is 3.24. The van der Waals surface area contributed by atoms with E-state index >= 15 is 0 Å². The molecule has 1 rings (SSSR count). The van der Waals surface area contributed by atoms with Gasteiger partial charge < -0.3 is 15.4 Å². The third-order valence-electron chi connectivity index (χ3n) is 2.22. The molecular formula is C11H20N2OS. The van der Waals surface area contributed by atoms with Gasteiger partial charge in [0.15, 0.2) is 0 Å². The maximum atomic E-state index is 4.94. The zero-order chi connectivity index (χ0) is 10.9. The van der Waals surface area contributed by atoms with Gasteiger partial charge in [-0.2, -0.15) is 0 Å². The van der Waals surface area contributed by atoms with E-state index < -0.39 is 0 Å². The Morgan fingerprint density at radius 2 is 2.07 bits per heavy atom. The summed E-state index contributed by atoms with van der Waals surface area (Å²) >= 11 is 1.82. The first kappa shape index (κ1) is 12.6. The number of hydrogen-bond donors (Lipinski definition) is 2. The Labute approximate surface area is 95.8 Å². The first-order valence-electron chi connectivity index (χ1n) is 5.28. The van der Waals surface area contributed by atoms with Crippen LogP contribution in [-0.4, -0.2) is 33.4 Å². The van der Waals surface area contributed by atoms with Gasteiger partial charge in [-0.3, -0.25) is 0 Å². The lowest BCUT2D eigenvalue weighted by Gasteiger charge is -2.05. The van der Waals surface area contributed by atoms with Gasteiger partial charge in [0.05, 0.1) is 6.61 Å². The number of rotatable bonds is 8. The van der Waals surface area contributed by atoms with Gasteiger partial charge in [-0.05, 0) is 23.9 Å². The Balaban J connectivity index is 1.96. The number of nitrogens with one attached hydrogen (secondary N) is 2. The normalized spacial score (nSPS) is 10.8. The molecule has 0 aliphatic rings. The molecule has 0 radical (unpaired) electrons. The Morgan fingerprint density at radius 1 is 1.27 bits per heavy atom. The highest BCUT2D eigenvalue weighted by molar-refractivity contribution is 7.10. The molecule has 0 saturated heterocycles. The fourth-order valence-corrected chi connectivity index (χ4v) is 2.14. The van der Waals surface area contributed by atoms with Crippen molar-refractivity contribution in [1.29, 1.82) is 0 Å². The van der Waals surface area contributed by atoms with Crippen LogP contribution < -0.4 is 10.6 Å². The summed E-state index contributed by atoms with van der Waals surface area (Å²) in [6.07, 6.45) is 0. The summed E-state index contributed by atoms with van der Waals surface area (Å²) in [7, 11) is 1.72. The van der Waals surface area contributed by atoms with Crippen LogP contribution in [0.1, 0.15) is 10.4 Å². The van der Waals surface area contributed by atoms with Crippen molar-refractivity contribution < 1.29 is 4.74 Å². The van der Waals surface area contributed by atoms with Crippen LogP contribution in [0.2, 0.25) is 0 Å². The summed E-state index contributed by atoms with van der Waals surface area (Å²) in [5.41, 5.74) is 1.39. The Kier molecular flexibility index (Phi) is 6.59. The highest BCUT2D eigenvalue weighted by atomic mass is 32.1. The van der Waals surface area contributed by atoms with Crippen molar-refractivity contribution in [2.75, 3.05) is 33.4 Å². The molecule has 0 aliphatic carbocycles. The van der Waals surface area contributed by atoms with Crippen molar-refractivity contribution in [3.05, 3.63) is 21.9 Å². The van der Waals surface area contributed by atoms with Crippen molar-refractivity contribution in [2.24, 2.45) is 0 Å². The SMILES string of the molecule is COCCNCCNCc1sccc1C. The van der Waals surface area contributed by atoms with Crippen LogP contribution in [0, 0.1) is 6.92 Å². The number of thiophene rings is 1. The summed E-state index contributed by atoms with van der Waals surface area (Å²) in [5, 5.41) is 8.85. The molecule has 15 heavy (non-hydrogen) atoms. The predicted molar refractivity (Wildman–Crippen MR) is 65.5 cm³/mol. The Hall–Kier alpha value is -0.420. The van der Waals surface area contributed by atoms with Crippen LogP contribution in [0.25, 0.3) is 0 Å². The van der Waals surface area contributed by atoms with Crippen LogP contribution in [0.15, 0.2) is 11.4 Å². The van der Waals surface area contributed by atoms with Crippen LogP contribution in [0.4, 0.5) is 0 Å². The molecule has 0 atom stereocenters. The fourth-order valence-electron chi connectivity index (χ4n) is 1.26. The van der Waals surface area contributed by atoms with E-state index in [-0.39, 0.29) is 0 Å². The number of ether oxygens (including phenoxy) is 1. The highest BCUT2D eigenvalue weighted by Crippen LogP contribution is 2.14. The minimum atomic E-state index is 0.782. The average molecular weight is 228 g/mol. The first-order chi connectivity index (χ1) is 7.34. The summed E-state index contributed by atoms with van der Waals surface area (Å²) in [6, 6.07) is 2.17. The zero-order valence-electron chi connectivity index (χ0n) is 9.51. The number of aryl methyl sites for hydroxylation is 1. The largest absolute Gasteiger partial charge is 0.383 e. The second kappa shape index (κ2) is 7.82. The van der Waals surface area contributed by atoms with Crippen LogP contribution >= 0.6 is 11.3 Å². The molecule has 0 amide bonds. The van der Waals surface area contributed by atoms with E-state index in [1.165, 1.54) is 10.4 Å². The van der Waals surface area contributed by atoms with Crippen molar-refractivity contribution in [3.63, 3.8) is 0 Å². The molecule has 0 aromatic carbocycles. The topological polar surface area (TPSA) is 33.3 Å². The molecule has 1 heterocycles. The summed E-state index contributed by atoms with van der Waals surface area (Å²) < 4.78 is 4.94. The molecule has 0 saturated carbocycles. The summed E-state index contributed by atoms with van der Waals surface area (Å²) in [4.78, 5) is 1.44. The van der Waals surface area contributed by atoms with Gasteiger partial charge in [0.2, 0.25) is 0 Å². The molecular weight excluding hydrogens is 208 g/mol. The molecule has 4 heteroatoms. The lowest BCUT2D eigenvalue weighted by molar-refractivity contribution is 0.199. The van der Waals surface area contributed by atoms with Gasteiger partial charge in [-0.1, -0.05) is 0 Å². The van der Waals surface area contributed by atoms with E-state index in [1.54, 1.807) is 7.11 Å². The molecule has 0 aliphatic heterocycles. The molecule has 0 spiro atoms. The van der Waals surface area contributed by atoms with E-state index in [9.17, 15) is 0 Å². The second-order valence-corrected chi connectivity index (χ2v) is 4.45. The smallest absolute Gasteiger partial charge is 0.0587 e. The van der Waals surface area contributed by atoms with E-state index in [0.717, 1.165) is 32.8 Å². The van der Waals surface area contributed by atoms with Gasteiger partial charge in [0.1, 0.15) is 0 Å². The fraction of sp³-hybridized carbons (Fsp3) is 0.636. The van der Waals surface area contributed by atoms with Crippen molar-refractivity contribution >= 4 is 11.3 Å². The van der Waals surface area contributed by atoms with Gasteiger partial charge in [-0.15, -0.1) is 11.3 Å². The molecule has 3 nitrogen and oxygen atoms in total. The van der Waals surface area contributed by atoms with Gasteiger partial charge in [0, 0.05) is 38.2 Å². The molecule has 0 unspecified atom stereocenters. The van der Waals surface area contributed by atoms with E-state index in [2.05, 4.69) is 29.0 Å². The van der Waals surface area contributed by atoms with Gasteiger partial charge >= 0.3 is 0 Å². The van der Waals surface area contributed by atoms with Crippen molar-refractivity contribution in [3.8, 4) is 0 Å². The third kappa shape index (κ3) is 5.28. The molecule has 1 aromatic rings. The van der Waals surface area contributed by atoms with E-state index in [1.807, 2.05) is 11.3 Å². The molecule has 86 valence electrons. The summed E-state index contributed by atoms with van der Waals surface area (Å²) in [5.74, 6) is 0. The minimum absolute atomic E-state index is 0.782. The zero-order valence-corrected chi connectivity index (χ0v) is 10.3. The molecule has 2 N–H and O–H groups in total. The molecule has 1 aromatic heterocycles. The second-order valence-electron chi connectivity index (χ2n) is 3.45. The van der Waals surface area contributed by atoms with E-state index in [4.69, 9.17) is 4.74 Å². The van der Waals surface area contributed by atoms with Crippen LogP contribution in [0.5, 0.6) is 0 Å². The maximum Gasteiger partial charge on any atom is 0.0587 e. The van der Waals surface area contributed by atoms with Gasteiger partial charge in [-0.25, -0.2) is 0 Å². The van der Waals surface area contributed by atoms with E-state index in [0.29, 0.717) is 0 Å².